The number of aliphatic hydroxyl groups is 1. The van der Waals surface area contributed by atoms with Gasteiger partial charge in [-0.05, 0) is 31.0 Å². The van der Waals surface area contributed by atoms with E-state index >= 15 is 0 Å². The topological polar surface area (TPSA) is 52.6 Å². The average molecular weight is 252 g/mol. The smallest absolute Gasteiger partial charge is 0.239 e. The number of halogens is 1. The molecule has 18 heavy (non-hydrogen) atoms. The van der Waals surface area contributed by atoms with E-state index in [1.165, 1.54) is 6.07 Å². The van der Waals surface area contributed by atoms with Crippen molar-refractivity contribution in [1.82, 2.24) is 5.32 Å². The molecule has 1 aromatic carbocycles. The monoisotopic (exact) mass is 252 g/mol. The van der Waals surface area contributed by atoms with Gasteiger partial charge in [0.25, 0.3) is 0 Å². The maximum Gasteiger partial charge on any atom is 0.239 e. The number of hydrogen-bond acceptors (Lipinski definition) is 3. The molecular formula is C13H17FN2O2. The first-order chi connectivity index (χ1) is 8.58. The summed E-state index contributed by atoms with van der Waals surface area (Å²) in [6.45, 7) is 3.03. The van der Waals surface area contributed by atoms with Gasteiger partial charge in [-0.3, -0.25) is 4.79 Å². The fourth-order valence-electron chi connectivity index (χ4n) is 2.05. The number of rotatable bonds is 2. The van der Waals surface area contributed by atoms with Crippen molar-refractivity contribution < 1.29 is 14.3 Å². The van der Waals surface area contributed by atoms with Crippen LogP contribution in [-0.2, 0) is 4.79 Å². The number of nitrogens with one attached hydrogen (secondary N) is 1. The first-order valence-corrected chi connectivity index (χ1v) is 6.07. The van der Waals surface area contributed by atoms with E-state index in [1.807, 2.05) is 0 Å². The molecule has 0 radical (unpaired) electrons. The summed E-state index contributed by atoms with van der Waals surface area (Å²) >= 11 is 0. The standard InChI is InChI=1S/C13H17FN2O2/c1-9(17)10-3-4-12(11(14)7-10)16-6-2-5-15-13(18)8-16/h3-4,7,9,17H,2,5-6,8H2,1H3,(H,15,18). The van der Waals surface area contributed by atoms with Crippen LogP contribution in [0.3, 0.4) is 0 Å². The highest BCUT2D eigenvalue weighted by Gasteiger charge is 2.18. The van der Waals surface area contributed by atoms with Crippen LogP contribution < -0.4 is 10.2 Å². The van der Waals surface area contributed by atoms with Crippen LogP contribution >= 0.6 is 0 Å². The summed E-state index contributed by atoms with van der Waals surface area (Å²) in [6.07, 6.45) is 0.101. The van der Waals surface area contributed by atoms with Gasteiger partial charge in [-0.25, -0.2) is 4.39 Å². The molecule has 5 heteroatoms. The van der Waals surface area contributed by atoms with Crippen LogP contribution in [0.2, 0.25) is 0 Å². The largest absolute Gasteiger partial charge is 0.389 e. The Morgan fingerprint density at radius 1 is 1.50 bits per heavy atom. The lowest BCUT2D eigenvalue weighted by Gasteiger charge is -2.22. The second-order valence-corrected chi connectivity index (χ2v) is 4.51. The minimum absolute atomic E-state index is 0.0912. The molecule has 0 aliphatic carbocycles. The van der Waals surface area contributed by atoms with Crippen molar-refractivity contribution in [2.24, 2.45) is 0 Å². The summed E-state index contributed by atoms with van der Waals surface area (Å²) < 4.78 is 14.0. The summed E-state index contributed by atoms with van der Waals surface area (Å²) in [5.41, 5.74) is 0.951. The van der Waals surface area contributed by atoms with E-state index in [1.54, 1.807) is 24.0 Å². The molecule has 1 aliphatic heterocycles. The zero-order valence-corrected chi connectivity index (χ0v) is 10.3. The van der Waals surface area contributed by atoms with E-state index in [4.69, 9.17) is 0 Å². The van der Waals surface area contributed by atoms with Crippen LogP contribution in [-0.4, -0.2) is 30.6 Å². The molecule has 1 saturated heterocycles. The fraction of sp³-hybridized carbons (Fsp3) is 0.462. The fourth-order valence-corrected chi connectivity index (χ4v) is 2.05. The van der Waals surface area contributed by atoms with Gasteiger partial charge in [-0.2, -0.15) is 0 Å². The van der Waals surface area contributed by atoms with Gasteiger partial charge in [-0.1, -0.05) is 6.07 Å². The van der Waals surface area contributed by atoms with Crippen molar-refractivity contribution in [2.45, 2.75) is 19.4 Å². The lowest BCUT2D eigenvalue weighted by Crippen LogP contribution is -2.33. The van der Waals surface area contributed by atoms with Gasteiger partial charge in [0, 0.05) is 13.1 Å². The predicted molar refractivity (Wildman–Crippen MR) is 66.9 cm³/mol. The molecule has 0 aromatic heterocycles. The molecule has 0 saturated carbocycles. The van der Waals surface area contributed by atoms with Crippen LogP contribution in [0.15, 0.2) is 18.2 Å². The van der Waals surface area contributed by atoms with Crippen molar-refractivity contribution in [2.75, 3.05) is 24.5 Å². The number of carbonyl (C=O) groups is 1. The Bertz CT molecular complexity index is 449. The molecule has 98 valence electrons. The van der Waals surface area contributed by atoms with Gasteiger partial charge in [0.15, 0.2) is 0 Å². The minimum Gasteiger partial charge on any atom is -0.389 e. The summed E-state index contributed by atoms with van der Waals surface area (Å²) in [5, 5.41) is 12.1. The average Bonchev–Trinajstić information content (AvgIpc) is 2.53. The number of amides is 1. The molecule has 1 fully saturated rings. The molecular weight excluding hydrogens is 235 g/mol. The van der Waals surface area contributed by atoms with Crippen LogP contribution in [0, 0.1) is 5.82 Å². The Kier molecular flexibility index (Phi) is 3.81. The summed E-state index contributed by atoms with van der Waals surface area (Å²) in [5.74, 6) is -0.491. The molecule has 0 bridgehead atoms. The van der Waals surface area contributed by atoms with Crippen LogP contribution in [0.1, 0.15) is 25.0 Å². The highest BCUT2D eigenvalue weighted by molar-refractivity contribution is 5.81. The maximum atomic E-state index is 14.0. The van der Waals surface area contributed by atoms with E-state index in [0.29, 0.717) is 24.3 Å². The quantitative estimate of drug-likeness (QED) is 0.831. The zero-order valence-electron chi connectivity index (χ0n) is 10.3. The second-order valence-electron chi connectivity index (χ2n) is 4.51. The number of aliphatic hydroxyl groups excluding tert-OH is 1. The number of anilines is 1. The molecule has 4 nitrogen and oxygen atoms in total. The molecule has 2 N–H and O–H groups in total. The van der Waals surface area contributed by atoms with Gasteiger partial charge in [0.1, 0.15) is 5.82 Å². The van der Waals surface area contributed by atoms with Gasteiger partial charge in [0.05, 0.1) is 18.3 Å². The Balaban J connectivity index is 2.24. The lowest BCUT2D eigenvalue weighted by molar-refractivity contribution is -0.119. The molecule has 1 aliphatic rings. The van der Waals surface area contributed by atoms with E-state index in [9.17, 15) is 14.3 Å². The summed E-state index contributed by atoms with van der Waals surface area (Å²) in [4.78, 5) is 13.2. The van der Waals surface area contributed by atoms with Crippen molar-refractivity contribution in [1.29, 1.82) is 0 Å². The zero-order chi connectivity index (χ0) is 13.1. The number of nitrogens with zero attached hydrogens (tertiary/aromatic N) is 1. The lowest BCUT2D eigenvalue weighted by atomic mass is 10.1. The van der Waals surface area contributed by atoms with Crippen molar-refractivity contribution in [3.05, 3.63) is 29.6 Å². The number of hydrogen-bond donors (Lipinski definition) is 2. The molecule has 1 unspecified atom stereocenters. The van der Waals surface area contributed by atoms with E-state index in [-0.39, 0.29) is 12.5 Å². The van der Waals surface area contributed by atoms with E-state index in [2.05, 4.69) is 5.32 Å². The molecule has 1 heterocycles. The van der Waals surface area contributed by atoms with Crippen molar-refractivity contribution in [3.63, 3.8) is 0 Å². The SMILES string of the molecule is CC(O)c1ccc(N2CCCNC(=O)C2)c(F)c1. The predicted octanol–water partition coefficient (Wildman–Crippen LogP) is 1.21. The van der Waals surface area contributed by atoms with Crippen molar-refractivity contribution in [3.8, 4) is 0 Å². The Hall–Kier alpha value is -1.62. The van der Waals surface area contributed by atoms with Crippen LogP contribution in [0.5, 0.6) is 0 Å². The Labute approximate surface area is 105 Å². The first-order valence-electron chi connectivity index (χ1n) is 6.07. The number of benzene rings is 1. The third-order valence-corrected chi connectivity index (χ3v) is 3.06. The Morgan fingerprint density at radius 3 is 2.94 bits per heavy atom. The van der Waals surface area contributed by atoms with E-state index in [0.717, 1.165) is 6.42 Å². The maximum absolute atomic E-state index is 14.0. The summed E-state index contributed by atoms with van der Waals surface area (Å²) in [7, 11) is 0. The molecule has 0 spiro atoms. The first kappa shape index (κ1) is 12.8. The van der Waals surface area contributed by atoms with E-state index < -0.39 is 11.9 Å². The molecule has 1 atom stereocenters. The van der Waals surface area contributed by atoms with Gasteiger partial charge in [-0.15, -0.1) is 0 Å². The highest BCUT2D eigenvalue weighted by Crippen LogP contribution is 2.24. The van der Waals surface area contributed by atoms with Crippen molar-refractivity contribution >= 4 is 11.6 Å². The van der Waals surface area contributed by atoms with Crippen LogP contribution in [0.25, 0.3) is 0 Å². The minimum atomic E-state index is -0.694. The highest BCUT2D eigenvalue weighted by atomic mass is 19.1. The summed E-state index contributed by atoms with van der Waals surface area (Å²) in [6, 6.07) is 4.63. The molecule has 1 aromatic rings. The third-order valence-electron chi connectivity index (χ3n) is 3.06. The van der Waals surface area contributed by atoms with Gasteiger partial charge in [0.2, 0.25) is 5.91 Å². The van der Waals surface area contributed by atoms with Gasteiger partial charge >= 0.3 is 0 Å². The normalized spacial score (nSPS) is 18.2. The third kappa shape index (κ3) is 2.79. The van der Waals surface area contributed by atoms with Gasteiger partial charge < -0.3 is 15.3 Å². The number of carbonyl (C=O) groups excluding carboxylic acids is 1. The Morgan fingerprint density at radius 2 is 2.28 bits per heavy atom. The second kappa shape index (κ2) is 5.35. The molecule has 2 rings (SSSR count). The van der Waals surface area contributed by atoms with Crippen LogP contribution in [0.4, 0.5) is 10.1 Å². The molecule has 1 amide bonds.